The van der Waals surface area contributed by atoms with Crippen LogP contribution in [0, 0.1) is 6.92 Å². The predicted octanol–water partition coefficient (Wildman–Crippen LogP) is 3.47. The summed E-state index contributed by atoms with van der Waals surface area (Å²) >= 11 is 0. The maximum atomic E-state index is 12.8. The summed E-state index contributed by atoms with van der Waals surface area (Å²) in [4.78, 5) is 12.8. The number of aromatic nitrogens is 3. The molecule has 4 nitrogen and oxygen atoms in total. The first-order valence-electron chi connectivity index (χ1n) is 7.45. The van der Waals surface area contributed by atoms with Crippen molar-refractivity contribution in [3.05, 3.63) is 83.2 Å². The molecule has 0 fully saturated rings. The van der Waals surface area contributed by atoms with Crippen LogP contribution in [0.15, 0.2) is 60.7 Å². The number of rotatable bonds is 5. The minimum Gasteiger partial charge on any atom is -0.294 e. The Hall–Kier alpha value is -3.01. The number of carbonyl (C=O) groups excluding carboxylic acids is 1. The third kappa shape index (κ3) is 3.61. The number of aromatic amines is 1. The summed E-state index contributed by atoms with van der Waals surface area (Å²) in [6.45, 7) is 1.84. The minimum atomic E-state index is 0.0250. The van der Waals surface area contributed by atoms with Gasteiger partial charge < -0.3 is 0 Å². The largest absolute Gasteiger partial charge is 0.294 e. The molecule has 1 heterocycles. The fourth-order valence-electron chi connectivity index (χ4n) is 2.41. The molecule has 0 unspecified atom stereocenters. The summed E-state index contributed by atoms with van der Waals surface area (Å²) in [5.41, 5.74) is 3.85. The molecule has 3 rings (SSSR count). The lowest BCUT2D eigenvalue weighted by molar-refractivity contribution is -0.113. The number of benzene rings is 2. The van der Waals surface area contributed by atoms with Gasteiger partial charge >= 0.3 is 0 Å². The molecule has 3 aromatic rings. The number of Topliss-reactive ketones (excluding diaryl/α,β-unsaturated/α-hetero) is 1. The topological polar surface area (TPSA) is 58.6 Å². The second kappa shape index (κ2) is 6.83. The number of hydrogen-bond donors (Lipinski definition) is 1. The van der Waals surface area contributed by atoms with Crippen molar-refractivity contribution in [2.75, 3.05) is 0 Å². The highest BCUT2D eigenvalue weighted by Crippen LogP contribution is 2.21. The lowest BCUT2D eigenvalue weighted by Gasteiger charge is -2.06. The SMILES string of the molecule is Cc1n[nH]nc1C(=Cc1ccccc1)C(=O)Cc1ccccc1. The van der Waals surface area contributed by atoms with Gasteiger partial charge in [-0.15, -0.1) is 0 Å². The van der Waals surface area contributed by atoms with Crippen LogP contribution in [0.25, 0.3) is 11.6 Å². The van der Waals surface area contributed by atoms with E-state index in [4.69, 9.17) is 0 Å². The van der Waals surface area contributed by atoms with Crippen LogP contribution in [0.1, 0.15) is 22.5 Å². The quantitative estimate of drug-likeness (QED) is 0.734. The maximum Gasteiger partial charge on any atom is 0.169 e. The molecule has 4 heteroatoms. The van der Waals surface area contributed by atoms with Crippen molar-refractivity contribution in [1.82, 2.24) is 15.4 Å². The van der Waals surface area contributed by atoms with Gasteiger partial charge in [-0.3, -0.25) is 4.79 Å². The Labute approximate surface area is 134 Å². The highest BCUT2D eigenvalue weighted by molar-refractivity contribution is 6.25. The van der Waals surface area contributed by atoms with Gasteiger partial charge in [0.25, 0.3) is 0 Å². The lowest BCUT2D eigenvalue weighted by Crippen LogP contribution is -2.07. The number of nitrogens with zero attached hydrogens (tertiary/aromatic N) is 2. The number of carbonyl (C=O) groups is 1. The lowest BCUT2D eigenvalue weighted by atomic mass is 9.97. The van der Waals surface area contributed by atoms with Crippen molar-refractivity contribution in [2.24, 2.45) is 0 Å². The fourth-order valence-corrected chi connectivity index (χ4v) is 2.41. The molecule has 0 aliphatic carbocycles. The zero-order valence-electron chi connectivity index (χ0n) is 12.9. The number of aryl methyl sites for hydroxylation is 1. The third-order valence-corrected chi connectivity index (χ3v) is 3.60. The molecular formula is C19H17N3O. The number of allylic oxidation sites excluding steroid dienone is 1. The van der Waals surface area contributed by atoms with Gasteiger partial charge in [0.15, 0.2) is 5.78 Å². The first-order chi connectivity index (χ1) is 11.2. The second-order valence-electron chi connectivity index (χ2n) is 5.31. The van der Waals surface area contributed by atoms with Gasteiger partial charge in [0.2, 0.25) is 0 Å². The van der Waals surface area contributed by atoms with E-state index in [2.05, 4.69) is 15.4 Å². The number of hydrogen-bond acceptors (Lipinski definition) is 3. The van der Waals surface area contributed by atoms with Crippen LogP contribution >= 0.6 is 0 Å². The molecule has 0 amide bonds. The van der Waals surface area contributed by atoms with Crippen molar-refractivity contribution in [3.8, 4) is 0 Å². The monoisotopic (exact) mass is 303 g/mol. The highest BCUT2D eigenvalue weighted by atomic mass is 16.1. The smallest absolute Gasteiger partial charge is 0.169 e. The highest BCUT2D eigenvalue weighted by Gasteiger charge is 2.18. The number of nitrogens with one attached hydrogen (secondary N) is 1. The van der Waals surface area contributed by atoms with Crippen LogP contribution in [-0.4, -0.2) is 21.2 Å². The number of H-pyrrole nitrogens is 1. The summed E-state index contributed by atoms with van der Waals surface area (Å²) in [5, 5.41) is 10.8. The molecule has 0 saturated heterocycles. The van der Waals surface area contributed by atoms with Crippen LogP contribution in [0.2, 0.25) is 0 Å². The van der Waals surface area contributed by atoms with E-state index in [1.54, 1.807) is 0 Å². The van der Waals surface area contributed by atoms with Crippen molar-refractivity contribution in [3.63, 3.8) is 0 Å². The summed E-state index contributed by atoms with van der Waals surface area (Å²) in [5.74, 6) is 0.0250. The molecule has 1 aromatic heterocycles. The van der Waals surface area contributed by atoms with Gasteiger partial charge in [-0.1, -0.05) is 60.7 Å². The van der Waals surface area contributed by atoms with Gasteiger partial charge in [0, 0.05) is 12.0 Å². The molecule has 0 bridgehead atoms. The summed E-state index contributed by atoms with van der Waals surface area (Å²) in [6.07, 6.45) is 2.21. The second-order valence-corrected chi connectivity index (χ2v) is 5.31. The van der Waals surface area contributed by atoms with Crippen molar-refractivity contribution < 1.29 is 4.79 Å². The third-order valence-electron chi connectivity index (χ3n) is 3.60. The van der Waals surface area contributed by atoms with E-state index < -0.39 is 0 Å². The predicted molar refractivity (Wildman–Crippen MR) is 90.6 cm³/mol. The molecule has 0 atom stereocenters. The Kier molecular flexibility index (Phi) is 4.43. The summed E-state index contributed by atoms with van der Waals surface area (Å²) in [6, 6.07) is 19.5. The Balaban J connectivity index is 1.97. The van der Waals surface area contributed by atoms with Crippen LogP contribution < -0.4 is 0 Å². The zero-order chi connectivity index (χ0) is 16.1. The van der Waals surface area contributed by atoms with Crippen molar-refractivity contribution >= 4 is 17.4 Å². The minimum absolute atomic E-state index is 0.0250. The Bertz CT molecular complexity index is 820. The van der Waals surface area contributed by atoms with Crippen LogP contribution in [0.5, 0.6) is 0 Å². The molecule has 0 saturated carbocycles. The van der Waals surface area contributed by atoms with E-state index in [1.165, 1.54) is 0 Å². The average Bonchev–Trinajstić information content (AvgIpc) is 3.00. The molecule has 0 radical (unpaired) electrons. The van der Waals surface area contributed by atoms with Gasteiger partial charge in [-0.05, 0) is 24.1 Å². The standard InChI is InChI=1S/C19H17N3O/c1-14-19(21-22-20-14)17(12-15-8-4-2-5-9-15)18(23)13-16-10-6-3-7-11-16/h2-12H,13H2,1H3,(H,20,21,22). The van der Waals surface area contributed by atoms with E-state index in [-0.39, 0.29) is 5.78 Å². The van der Waals surface area contributed by atoms with E-state index in [0.717, 1.165) is 11.1 Å². The van der Waals surface area contributed by atoms with E-state index in [9.17, 15) is 4.79 Å². The fraction of sp³-hybridized carbons (Fsp3) is 0.105. The van der Waals surface area contributed by atoms with Crippen molar-refractivity contribution in [2.45, 2.75) is 13.3 Å². The summed E-state index contributed by atoms with van der Waals surface area (Å²) in [7, 11) is 0. The molecule has 23 heavy (non-hydrogen) atoms. The first kappa shape index (κ1) is 14.9. The van der Waals surface area contributed by atoms with E-state index >= 15 is 0 Å². The molecule has 0 aliphatic heterocycles. The maximum absolute atomic E-state index is 12.8. The molecule has 114 valence electrons. The van der Waals surface area contributed by atoms with Crippen LogP contribution in [0.3, 0.4) is 0 Å². The van der Waals surface area contributed by atoms with Gasteiger partial charge in [0.1, 0.15) is 5.69 Å². The Morgan fingerprint density at radius 3 is 2.26 bits per heavy atom. The molecule has 0 aliphatic rings. The summed E-state index contributed by atoms with van der Waals surface area (Å²) < 4.78 is 0. The molecule has 1 N–H and O–H groups in total. The van der Waals surface area contributed by atoms with Crippen LogP contribution in [-0.2, 0) is 11.2 Å². The van der Waals surface area contributed by atoms with E-state index in [0.29, 0.717) is 23.4 Å². The first-order valence-corrected chi connectivity index (χ1v) is 7.45. The molecule has 2 aromatic carbocycles. The van der Waals surface area contributed by atoms with E-state index in [1.807, 2.05) is 73.7 Å². The van der Waals surface area contributed by atoms with Gasteiger partial charge in [-0.25, -0.2) is 0 Å². The van der Waals surface area contributed by atoms with Crippen molar-refractivity contribution in [1.29, 1.82) is 0 Å². The number of ketones is 1. The Morgan fingerprint density at radius 1 is 1.00 bits per heavy atom. The van der Waals surface area contributed by atoms with Crippen LogP contribution in [0.4, 0.5) is 0 Å². The Morgan fingerprint density at radius 2 is 1.65 bits per heavy atom. The average molecular weight is 303 g/mol. The van der Waals surface area contributed by atoms with Gasteiger partial charge in [-0.2, -0.15) is 15.4 Å². The normalized spacial score (nSPS) is 11.4. The zero-order valence-corrected chi connectivity index (χ0v) is 12.9. The van der Waals surface area contributed by atoms with Gasteiger partial charge in [0.05, 0.1) is 5.69 Å². The molecule has 0 spiro atoms. The molecular weight excluding hydrogens is 286 g/mol.